The first kappa shape index (κ1) is 19.1. The highest BCUT2D eigenvalue weighted by Crippen LogP contribution is 2.29. The zero-order chi connectivity index (χ0) is 19.4. The van der Waals surface area contributed by atoms with E-state index in [-0.39, 0.29) is 6.03 Å². The number of anilines is 2. The maximum atomic E-state index is 12.7. The van der Waals surface area contributed by atoms with E-state index in [0.717, 1.165) is 35.8 Å². The zero-order valence-electron chi connectivity index (χ0n) is 16.7. The largest absolute Gasteiger partial charge is 0.492 e. The maximum Gasteiger partial charge on any atom is 0.321 e. The van der Waals surface area contributed by atoms with Gasteiger partial charge in [0, 0.05) is 31.9 Å². The Labute approximate surface area is 161 Å². The van der Waals surface area contributed by atoms with Crippen molar-refractivity contribution in [2.45, 2.75) is 27.7 Å². The first-order valence-corrected chi connectivity index (χ1v) is 9.60. The summed E-state index contributed by atoms with van der Waals surface area (Å²) in [5.74, 6) is 0.906. The summed E-state index contributed by atoms with van der Waals surface area (Å²) >= 11 is 0. The van der Waals surface area contributed by atoms with Gasteiger partial charge in [-0.1, -0.05) is 18.2 Å². The minimum Gasteiger partial charge on any atom is -0.492 e. The van der Waals surface area contributed by atoms with Gasteiger partial charge in [-0.05, 0) is 62.6 Å². The number of hydrogen-bond acceptors (Lipinski definition) is 3. The number of rotatable bonds is 4. The Kier molecular flexibility index (Phi) is 5.89. The predicted octanol–water partition coefficient (Wildman–Crippen LogP) is 4.36. The van der Waals surface area contributed by atoms with Gasteiger partial charge < -0.3 is 19.9 Å². The number of ether oxygens (including phenoxy) is 1. The standard InChI is InChI=1S/C22H29N3O2/c1-5-27-21-9-7-6-8-20(21)24-10-12-25(13-11-24)22(26)23-19-15-17(3)16(2)14-18(19)4/h6-9,14-15H,5,10-13H2,1-4H3,(H,23,26). The summed E-state index contributed by atoms with van der Waals surface area (Å²) in [6, 6.07) is 12.2. The van der Waals surface area contributed by atoms with E-state index in [4.69, 9.17) is 4.74 Å². The molecule has 1 N–H and O–H groups in total. The predicted molar refractivity (Wildman–Crippen MR) is 111 cm³/mol. The second-order valence-electron chi connectivity index (χ2n) is 7.06. The van der Waals surface area contributed by atoms with Crippen molar-refractivity contribution in [3.63, 3.8) is 0 Å². The highest BCUT2D eigenvalue weighted by atomic mass is 16.5. The van der Waals surface area contributed by atoms with Crippen LogP contribution in [0.3, 0.4) is 0 Å². The molecular formula is C22H29N3O2. The molecule has 1 aliphatic rings. The SMILES string of the molecule is CCOc1ccccc1N1CCN(C(=O)Nc2cc(C)c(C)cc2C)CC1. The summed E-state index contributed by atoms with van der Waals surface area (Å²) in [6.07, 6.45) is 0. The van der Waals surface area contributed by atoms with Gasteiger partial charge in [-0.3, -0.25) is 0 Å². The van der Waals surface area contributed by atoms with Crippen LogP contribution in [0.1, 0.15) is 23.6 Å². The van der Waals surface area contributed by atoms with Gasteiger partial charge in [0.15, 0.2) is 0 Å². The van der Waals surface area contributed by atoms with Crippen molar-refractivity contribution in [3.8, 4) is 5.75 Å². The molecule has 0 atom stereocenters. The summed E-state index contributed by atoms with van der Waals surface area (Å²) < 4.78 is 5.74. The van der Waals surface area contributed by atoms with E-state index in [1.54, 1.807) is 0 Å². The molecular weight excluding hydrogens is 338 g/mol. The fraction of sp³-hybridized carbons (Fsp3) is 0.409. The number of amides is 2. The molecule has 2 aromatic carbocycles. The molecule has 1 saturated heterocycles. The number of urea groups is 1. The fourth-order valence-electron chi connectivity index (χ4n) is 3.44. The molecule has 5 nitrogen and oxygen atoms in total. The van der Waals surface area contributed by atoms with E-state index in [2.05, 4.69) is 42.3 Å². The summed E-state index contributed by atoms with van der Waals surface area (Å²) in [4.78, 5) is 16.9. The monoisotopic (exact) mass is 367 g/mol. The lowest BCUT2D eigenvalue weighted by Gasteiger charge is -2.36. The van der Waals surface area contributed by atoms with Gasteiger partial charge in [-0.25, -0.2) is 4.79 Å². The van der Waals surface area contributed by atoms with E-state index in [9.17, 15) is 4.79 Å². The van der Waals surface area contributed by atoms with Crippen molar-refractivity contribution in [2.24, 2.45) is 0 Å². The molecule has 1 aliphatic heterocycles. The topological polar surface area (TPSA) is 44.8 Å². The third-order valence-corrected chi connectivity index (χ3v) is 5.15. The molecule has 0 radical (unpaired) electrons. The van der Waals surface area contributed by atoms with E-state index in [1.807, 2.05) is 36.9 Å². The Hall–Kier alpha value is -2.69. The van der Waals surface area contributed by atoms with Crippen LogP contribution in [0.5, 0.6) is 5.75 Å². The Morgan fingerprint density at radius 3 is 2.37 bits per heavy atom. The Bertz CT molecular complexity index is 811. The van der Waals surface area contributed by atoms with Crippen LogP contribution < -0.4 is 15.0 Å². The molecule has 2 aromatic rings. The van der Waals surface area contributed by atoms with E-state index < -0.39 is 0 Å². The number of para-hydroxylation sites is 2. The highest BCUT2D eigenvalue weighted by Gasteiger charge is 2.23. The van der Waals surface area contributed by atoms with Crippen LogP contribution in [0.2, 0.25) is 0 Å². The van der Waals surface area contributed by atoms with Crippen LogP contribution in [0.25, 0.3) is 0 Å². The smallest absolute Gasteiger partial charge is 0.321 e. The van der Waals surface area contributed by atoms with Crippen LogP contribution in [-0.4, -0.2) is 43.7 Å². The van der Waals surface area contributed by atoms with Gasteiger partial charge in [0.1, 0.15) is 5.75 Å². The van der Waals surface area contributed by atoms with Crippen molar-refractivity contribution in [1.29, 1.82) is 0 Å². The fourth-order valence-corrected chi connectivity index (χ4v) is 3.44. The minimum atomic E-state index is -0.0286. The molecule has 0 bridgehead atoms. The van der Waals surface area contributed by atoms with Gasteiger partial charge in [0.05, 0.1) is 12.3 Å². The number of piperazine rings is 1. The lowest BCUT2D eigenvalue weighted by Crippen LogP contribution is -2.50. The number of nitrogens with zero attached hydrogens (tertiary/aromatic N) is 2. The van der Waals surface area contributed by atoms with E-state index >= 15 is 0 Å². The molecule has 0 spiro atoms. The van der Waals surface area contributed by atoms with Gasteiger partial charge in [-0.2, -0.15) is 0 Å². The van der Waals surface area contributed by atoms with Crippen molar-refractivity contribution in [1.82, 2.24) is 4.90 Å². The maximum absolute atomic E-state index is 12.7. The Morgan fingerprint density at radius 2 is 1.67 bits per heavy atom. The summed E-state index contributed by atoms with van der Waals surface area (Å²) in [5, 5.41) is 3.08. The van der Waals surface area contributed by atoms with Crippen LogP contribution >= 0.6 is 0 Å². The highest BCUT2D eigenvalue weighted by molar-refractivity contribution is 5.90. The second-order valence-corrected chi connectivity index (χ2v) is 7.06. The lowest BCUT2D eigenvalue weighted by molar-refractivity contribution is 0.208. The molecule has 144 valence electrons. The quantitative estimate of drug-likeness (QED) is 0.873. The lowest BCUT2D eigenvalue weighted by atomic mass is 10.1. The van der Waals surface area contributed by atoms with Gasteiger partial charge >= 0.3 is 6.03 Å². The average molecular weight is 367 g/mol. The average Bonchev–Trinajstić information content (AvgIpc) is 2.67. The van der Waals surface area contributed by atoms with Gasteiger partial charge in [0.25, 0.3) is 0 Å². The number of hydrogen-bond donors (Lipinski definition) is 1. The van der Waals surface area contributed by atoms with Crippen molar-refractivity contribution >= 4 is 17.4 Å². The number of benzene rings is 2. The number of carbonyl (C=O) groups excluding carboxylic acids is 1. The normalized spacial score (nSPS) is 14.2. The van der Waals surface area contributed by atoms with E-state index in [0.29, 0.717) is 19.7 Å². The molecule has 3 rings (SSSR count). The molecule has 2 amide bonds. The third-order valence-electron chi connectivity index (χ3n) is 5.15. The molecule has 1 fully saturated rings. The van der Waals surface area contributed by atoms with Crippen LogP contribution in [-0.2, 0) is 0 Å². The summed E-state index contributed by atoms with van der Waals surface area (Å²) in [7, 11) is 0. The first-order chi connectivity index (χ1) is 13.0. The third kappa shape index (κ3) is 4.35. The van der Waals surface area contributed by atoms with Crippen molar-refractivity contribution in [2.75, 3.05) is 43.0 Å². The number of nitrogens with one attached hydrogen (secondary N) is 1. The van der Waals surface area contributed by atoms with Gasteiger partial charge in [-0.15, -0.1) is 0 Å². The van der Waals surface area contributed by atoms with Crippen molar-refractivity contribution < 1.29 is 9.53 Å². The van der Waals surface area contributed by atoms with Crippen LogP contribution in [0, 0.1) is 20.8 Å². The van der Waals surface area contributed by atoms with E-state index in [1.165, 1.54) is 11.1 Å². The second kappa shape index (κ2) is 8.33. The molecule has 0 aromatic heterocycles. The number of carbonyl (C=O) groups is 1. The summed E-state index contributed by atoms with van der Waals surface area (Å²) in [5.41, 5.74) is 5.52. The molecule has 27 heavy (non-hydrogen) atoms. The molecule has 0 saturated carbocycles. The minimum absolute atomic E-state index is 0.0286. The van der Waals surface area contributed by atoms with Gasteiger partial charge in [0.2, 0.25) is 0 Å². The Balaban J connectivity index is 1.62. The zero-order valence-corrected chi connectivity index (χ0v) is 16.7. The molecule has 5 heteroatoms. The van der Waals surface area contributed by atoms with Crippen molar-refractivity contribution in [3.05, 3.63) is 53.1 Å². The Morgan fingerprint density at radius 1 is 1.00 bits per heavy atom. The van der Waals surface area contributed by atoms with Crippen LogP contribution in [0.4, 0.5) is 16.2 Å². The summed E-state index contributed by atoms with van der Waals surface area (Å²) in [6.45, 7) is 11.8. The van der Waals surface area contributed by atoms with Crippen LogP contribution in [0.15, 0.2) is 36.4 Å². The molecule has 0 unspecified atom stereocenters. The molecule has 1 heterocycles. The first-order valence-electron chi connectivity index (χ1n) is 9.60. The molecule has 0 aliphatic carbocycles. The number of aryl methyl sites for hydroxylation is 3.